The van der Waals surface area contributed by atoms with E-state index in [1.807, 2.05) is 18.2 Å². The first-order chi connectivity index (χ1) is 15.2. The minimum absolute atomic E-state index is 0. The van der Waals surface area contributed by atoms with Crippen molar-refractivity contribution in [2.24, 2.45) is 10.9 Å². The van der Waals surface area contributed by atoms with Crippen LogP contribution in [-0.4, -0.2) is 55.7 Å². The number of thiazole rings is 1. The molecule has 7 nitrogen and oxygen atoms in total. The molecule has 2 aromatic rings. The SMILES string of the molecule is CCc1nc(CN2CCC(CNC(=NC)Nc3ccc4c(c3)OCCCO4)CC2)cs1.I. The van der Waals surface area contributed by atoms with Gasteiger partial charge in [0.05, 0.1) is 23.9 Å². The lowest BCUT2D eigenvalue weighted by molar-refractivity contribution is 0.176. The van der Waals surface area contributed by atoms with Crippen molar-refractivity contribution in [2.45, 2.75) is 39.2 Å². The average Bonchev–Trinajstić information content (AvgIpc) is 3.12. The number of hydrogen-bond acceptors (Lipinski definition) is 6. The molecule has 1 fully saturated rings. The van der Waals surface area contributed by atoms with Crippen LogP contribution in [0.2, 0.25) is 0 Å². The number of likely N-dealkylation sites (tertiary alicyclic amines) is 1. The Kier molecular flexibility index (Phi) is 9.86. The molecule has 2 N–H and O–H groups in total. The molecule has 1 aromatic carbocycles. The fourth-order valence-electron chi connectivity index (χ4n) is 3.96. The molecule has 32 heavy (non-hydrogen) atoms. The number of guanidine groups is 1. The largest absolute Gasteiger partial charge is 0.490 e. The van der Waals surface area contributed by atoms with Crippen molar-refractivity contribution >= 4 is 47.0 Å². The number of anilines is 1. The monoisotopic (exact) mass is 571 g/mol. The van der Waals surface area contributed by atoms with Gasteiger partial charge in [-0.2, -0.15) is 0 Å². The van der Waals surface area contributed by atoms with Gasteiger partial charge in [-0.25, -0.2) is 4.98 Å². The van der Waals surface area contributed by atoms with Crippen LogP contribution in [0.3, 0.4) is 0 Å². The van der Waals surface area contributed by atoms with Gasteiger partial charge in [-0.05, 0) is 50.4 Å². The van der Waals surface area contributed by atoms with Crippen LogP contribution in [0.5, 0.6) is 11.5 Å². The summed E-state index contributed by atoms with van der Waals surface area (Å²) in [5.74, 6) is 3.03. The van der Waals surface area contributed by atoms with E-state index in [2.05, 4.69) is 32.8 Å². The number of aryl methyl sites for hydroxylation is 1. The van der Waals surface area contributed by atoms with Crippen LogP contribution in [0.15, 0.2) is 28.6 Å². The smallest absolute Gasteiger partial charge is 0.195 e. The van der Waals surface area contributed by atoms with Crippen molar-refractivity contribution in [3.8, 4) is 11.5 Å². The first-order valence-corrected chi connectivity index (χ1v) is 12.1. The highest BCUT2D eigenvalue weighted by atomic mass is 127. The maximum Gasteiger partial charge on any atom is 0.195 e. The number of ether oxygens (including phenoxy) is 2. The van der Waals surface area contributed by atoms with Crippen molar-refractivity contribution in [1.29, 1.82) is 0 Å². The predicted octanol–water partition coefficient (Wildman–Crippen LogP) is 4.38. The van der Waals surface area contributed by atoms with Gasteiger partial charge in [0.25, 0.3) is 0 Å². The molecule has 176 valence electrons. The third-order valence-corrected chi connectivity index (χ3v) is 6.83. The number of benzene rings is 1. The zero-order valence-corrected chi connectivity index (χ0v) is 22.1. The van der Waals surface area contributed by atoms with Crippen LogP contribution in [0.1, 0.15) is 36.9 Å². The summed E-state index contributed by atoms with van der Waals surface area (Å²) in [5, 5.41) is 10.3. The Morgan fingerprint density at radius 2 is 2.00 bits per heavy atom. The maximum atomic E-state index is 5.79. The molecule has 0 spiro atoms. The Bertz CT molecular complexity index is 883. The first-order valence-electron chi connectivity index (χ1n) is 11.3. The van der Waals surface area contributed by atoms with E-state index >= 15 is 0 Å². The third-order valence-electron chi connectivity index (χ3n) is 5.79. The topological polar surface area (TPSA) is 71.0 Å². The summed E-state index contributed by atoms with van der Waals surface area (Å²) in [5.41, 5.74) is 2.17. The Morgan fingerprint density at radius 3 is 2.72 bits per heavy atom. The van der Waals surface area contributed by atoms with Gasteiger partial charge >= 0.3 is 0 Å². The molecule has 0 bridgehead atoms. The number of halogens is 1. The van der Waals surface area contributed by atoms with E-state index in [1.165, 1.54) is 23.5 Å². The zero-order valence-electron chi connectivity index (χ0n) is 18.9. The van der Waals surface area contributed by atoms with Crippen LogP contribution in [-0.2, 0) is 13.0 Å². The van der Waals surface area contributed by atoms with Gasteiger partial charge in [-0.1, -0.05) is 6.92 Å². The second-order valence-electron chi connectivity index (χ2n) is 8.10. The minimum Gasteiger partial charge on any atom is -0.490 e. The summed E-state index contributed by atoms with van der Waals surface area (Å²) >= 11 is 1.78. The summed E-state index contributed by atoms with van der Waals surface area (Å²) in [6.07, 6.45) is 4.32. The molecule has 4 rings (SSSR count). The van der Waals surface area contributed by atoms with Crippen LogP contribution in [0.25, 0.3) is 0 Å². The molecule has 2 aliphatic heterocycles. The Labute approximate surface area is 212 Å². The van der Waals surface area contributed by atoms with Crippen molar-refractivity contribution in [3.05, 3.63) is 34.3 Å². The quantitative estimate of drug-likeness (QED) is 0.305. The molecule has 3 heterocycles. The zero-order chi connectivity index (χ0) is 21.5. The molecule has 0 saturated carbocycles. The van der Waals surface area contributed by atoms with Crippen LogP contribution in [0, 0.1) is 5.92 Å². The van der Waals surface area contributed by atoms with Gasteiger partial charge in [-0.3, -0.25) is 9.89 Å². The molecule has 0 radical (unpaired) electrons. The van der Waals surface area contributed by atoms with E-state index in [1.54, 1.807) is 18.4 Å². The lowest BCUT2D eigenvalue weighted by atomic mass is 9.97. The number of nitrogens with zero attached hydrogens (tertiary/aromatic N) is 3. The lowest BCUT2D eigenvalue weighted by Gasteiger charge is -2.31. The van der Waals surface area contributed by atoms with Crippen LogP contribution >= 0.6 is 35.3 Å². The van der Waals surface area contributed by atoms with E-state index in [-0.39, 0.29) is 24.0 Å². The van der Waals surface area contributed by atoms with E-state index in [9.17, 15) is 0 Å². The second kappa shape index (κ2) is 12.6. The Balaban J connectivity index is 0.00000289. The van der Waals surface area contributed by atoms with Crippen molar-refractivity contribution in [1.82, 2.24) is 15.2 Å². The number of hydrogen-bond donors (Lipinski definition) is 2. The molecule has 0 unspecified atom stereocenters. The summed E-state index contributed by atoms with van der Waals surface area (Å²) in [4.78, 5) is 11.6. The van der Waals surface area contributed by atoms with Gasteiger partial charge in [-0.15, -0.1) is 35.3 Å². The molecule has 1 saturated heterocycles. The Morgan fingerprint density at radius 1 is 1.22 bits per heavy atom. The van der Waals surface area contributed by atoms with Crippen molar-refractivity contribution < 1.29 is 9.47 Å². The normalized spacial score (nSPS) is 17.4. The standard InChI is InChI=1S/C23H33N5O2S.HI/c1-3-22-26-19(16-31-22)15-28-9-7-17(8-10-28)14-25-23(24-2)27-18-5-6-20-21(13-18)30-12-4-11-29-20;/h5-6,13,16-17H,3-4,7-12,14-15H2,1-2H3,(H2,24,25,27);1H. The Hall–Kier alpha value is -1.59. The minimum atomic E-state index is 0. The fourth-order valence-corrected chi connectivity index (χ4v) is 4.70. The molecule has 9 heteroatoms. The van der Waals surface area contributed by atoms with Crippen LogP contribution < -0.4 is 20.1 Å². The summed E-state index contributed by atoms with van der Waals surface area (Å²) < 4.78 is 11.5. The number of piperidine rings is 1. The van der Waals surface area contributed by atoms with E-state index in [0.29, 0.717) is 19.1 Å². The average molecular weight is 572 g/mol. The number of nitrogens with one attached hydrogen (secondary N) is 2. The van der Waals surface area contributed by atoms with Crippen LogP contribution in [0.4, 0.5) is 5.69 Å². The maximum absolute atomic E-state index is 5.79. The summed E-state index contributed by atoms with van der Waals surface area (Å²) in [7, 11) is 1.80. The van der Waals surface area contributed by atoms with Crippen molar-refractivity contribution in [2.75, 3.05) is 45.2 Å². The van der Waals surface area contributed by atoms with Gasteiger partial charge in [0, 0.05) is 43.7 Å². The second-order valence-corrected chi connectivity index (χ2v) is 9.04. The van der Waals surface area contributed by atoms with E-state index in [0.717, 1.165) is 62.2 Å². The highest BCUT2D eigenvalue weighted by molar-refractivity contribution is 14.0. The summed E-state index contributed by atoms with van der Waals surface area (Å²) in [6, 6.07) is 5.94. The molecule has 1 aromatic heterocycles. The lowest BCUT2D eigenvalue weighted by Crippen LogP contribution is -2.40. The molecule has 0 amide bonds. The van der Waals surface area contributed by atoms with Gasteiger partial charge < -0.3 is 20.1 Å². The molecular weight excluding hydrogens is 537 g/mol. The van der Waals surface area contributed by atoms with Gasteiger partial charge in [0.1, 0.15) is 0 Å². The third kappa shape index (κ3) is 6.95. The first kappa shape index (κ1) is 25.0. The number of aliphatic imine (C=N–C) groups is 1. The number of fused-ring (bicyclic) bond motifs is 1. The highest BCUT2D eigenvalue weighted by Gasteiger charge is 2.20. The molecule has 0 atom stereocenters. The van der Waals surface area contributed by atoms with E-state index < -0.39 is 0 Å². The molecule has 0 aliphatic carbocycles. The number of aromatic nitrogens is 1. The summed E-state index contributed by atoms with van der Waals surface area (Å²) in [6.45, 7) is 7.70. The van der Waals surface area contributed by atoms with Gasteiger partial charge in [0.2, 0.25) is 0 Å². The van der Waals surface area contributed by atoms with E-state index in [4.69, 9.17) is 14.5 Å². The fraction of sp³-hybridized carbons (Fsp3) is 0.565. The highest BCUT2D eigenvalue weighted by Crippen LogP contribution is 2.32. The molecular formula is C23H34IN5O2S. The predicted molar refractivity (Wildman–Crippen MR) is 142 cm³/mol. The molecule has 2 aliphatic rings. The van der Waals surface area contributed by atoms with Crippen molar-refractivity contribution in [3.63, 3.8) is 0 Å². The van der Waals surface area contributed by atoms with Gasteiger partial charge in [0.15, 0.2) is 17.5 Å². The number of rotatable bonds is 6.